The molecule has 5 amide bonds. The third-order valence-electron chi connectivity index (χ3n) is 6.40. The summed E-state index contributed by atoms with van der Waals surface area (Å²) < 4.78 is 0. The van der Waals surface area contributed by atoms with E-state index < -0.39 is 11.6 Å². The van der Waals surface area contributed by atoms with Crippen molar-refractivity contribution in [3.8, 4) is 0 Å². The minimum Gasteiger partial charge on any atom is -0.325 e. The monoisotopic (exact) mass is 468 g/mol. The van der Waals surface area contributed by atoms with Crippen LogP contribution in [-0.2, 0) is 27.2 Å². The number of thioether (sulfide) groups is 1. The van der Waals surface area contributed by atoms with Crippen molar-refractivity contribution in [1.82, 2.24) is 10.6 Å². The van der Waals surface area contributed by atoms with Gasteiger partial charge in [-0.1, -0.05) is 25.1 Å². The van der Waals surface area contributed by atoms with Gasteiger partial charge in [-0.2, -0.15) is 0 Å². The molecule has 2 aliphatic heterocycles. The van der Waals surface area contributed by atoms with Crippen molar-refractivity contribution >= 4 is 46.9 Å². The van der Waals surface area contributed by atoms with Gasteiger partial charge in [-0.25, -0.2) is 4.79 Å². The SMILES string of the molecule is CCC1CC(=O)N(CC(=O)Nc2ccc3c(c2)CC2(C3)NC(=O)NC2=O)c2ccccc2S1.[HH].[HH]. The molecule has 0 bridgehead atoms. The van der Waals surface area contributed by atoms with E-state index in [1.165, 1.54) is 0 Å². The van der Waals surface area contributed by atoms with Crippen LogP contribution in [-0.4, -0.2) is 41.1 Å². The average Bonchev–Trinajstić information content (AvgIpc) is 3.23. The van der Waals surface area contributed by atoms with E-state index in [4.69, 9.17) is 0 Å². The van der Waals surface area contributed by atoms with Crippen LogP contribution < -0.4 is 20.9 Å². The van der Waals surface area contributed by atoms with E-state index in [-0.39, 0.29) is 32.4 Å². The predicted molar refractivity (Wildman–Crippen MR) is 129 cm³/mol. The molecule has 2 heterocycles. The van der Waals surface area contributed by atoms with Gasteiger partial charge < -0.3 is 15.5 Å². The number of carbonyl (C=O) groups excluding carboxylic acids is 4. The Hall–Kier alpha value is -3.33. The Morgan fingerprint density at radius 3 is 2.73 bits per heavy atom. The van der Waals surface area contributed by atoms with Crippen LogP contribution in [0.15, 0.2) is 47.4 Å². The molecule has 2 aromatic carbocycles. The highest BCUT2D eigenvalue weighted by atomic mass is 32.2. The van der Waals surface area contributed by atoms with Crippen LogP contribution in [0.1, 0.15) is 33.7 Å². The minimum atomic E-state index is -0.947. The Bertz CT molecular complexity index is 1190. The topological polar surface area (TPSA) is 108 Å². The summed E-state index contributed by atoms with van der Waals surface area (Å²) in [6, 6.07) is 12.7. The van der Waals surface area contributed by atoms with Crippen molar-refractivity contribution in [1.29, 1.82) is 0 Å². The Morgan fingerprint density at radius 2 is 1.97 bits per heavy atom. The molecule has 1 fully saturated rings. The second-order valence-corrected chi connectivity index (χ2v) is 10.0. The first-order valence-electron chi connectivity index (χ1n) is 11.0. The van der Waals surface area contributed by atoms with Crippen molar-refractivity contribution in [2.75, 3.05) is 16.8 Å². The lowest BCUT2D eigenvalue weighted by molar-refractivity contribution is -0.123. The van der Waals surface area contributed by atoms with E-state index in [0.29, 0.717) is 24.9 Å². The molecular weight excluding hydrogens is 440 g/mol. The van der Waals surface area contributed by atoms with Crippen molar-refractivity contribution in [3.63, 3.8) is 0 Å². The molecule has 174 valence electrons. The summed E-state index contributed by atoms with van der Waals surface area (Å²) in [5.41, 5.74) is 2.28. The summed E-state index contributed by atoms with van der Waals surface area (Å²) >= 11 is 1.68. The molecule has 2 atom stereocenters. The lowest BCUT2D eigenvalue weighted by Gasteiger charge is -2.22. The number of benzene rings is 2. The predicted octanol–water partition coefficient (Wildman–Crippen LogP) is 3.10. The summed E-state index contributed by atoms with van der Waals surface area (Å²) in [6.07, 6.45) is 2.05. The zero-order valence-electron chi connectivity index (χ0n) is 18.1. The molecule has 33 heavy (non-hydrogen) atoms. The lowest BCUT2D eigenvalue weighted by Crippen LogP contribution is -2.47. The normalized spacial score (nSPS) is 23.6. The first-order valence-corrected chi connectivity index (χ1v) is 11.9. The molecule has 2 aromatic rings. The summed E-state index contributed by atoms with van der Waals surface area (Å²) in [5.74, 6) is -0.679. The van der Waals surface area contributed by atoms with E-state index in [9.17, 15) is 19.2 Å². The van der Waals surface area contributed by atoms with Crippen LogP contribution >= 0.6 is 11.8 Å². The fourth-order valence-electron chi connectivity index (χ4n) is 4.72. The van der Waals surface area contributed by atoms with Crippen molar-refractivity contribution in [2.24, 2.45) is 0 Å². The Morgan fingerprint density at radius 1 is 1.18 bits per heavy atom. The zero-order chi connectivity index (χ0) is 23.2. The molecule has 9 heteroatoms. The smallest absolute Gasteiger partial charge is 0.322 e. The van der Waals surface area contributed by atoms with E-state index >= 15 is 0 Å². The molecule has 0 aromatic heterocycles. The van der Waals surface area contributed by atoms with Gasteiger partial charge in [0.2, 0.25) is 11.8 Å². The van der Waals surface area contributed by atoms with Crippen LogP contribution in [0.3, 0.4) is 0 Å². The standard InChI is InChI=1S/C24H24N4O4S.2H2/c1-2-17-10-21(30)28(18-5-3-4-6-19(18)33-17)13-20(29)25-16-8-7-14-11-24(12-15(14)9-16)22(31)26-23(32)27-24;;/h3-9,17H,2,10-13H2,1H3,(H,25,29)(H2,26,27,31,32);2*1H. The maximum absolute atomic E-state index is 12.9. The van der Waals surface area contributed by atoms with Crippen LogP contribution in [0, 0.1) is 0 Å². The summed E-state index contributed by atoms with van der Waals surface area (Å²) in [7, 11) is 0. The maximum Gasteiger partial charge on any atom is 0.322 e. The average molecular weight is 469 g/mol. The van der Waals surface area contributed by atoms with Gasteiger partial charge in [0.1, 0.15) is 12.1 Å². The Kier molecular flexibility index (Phi) is 5.36. The highest BCUT2D eigenvalue weighted by molar-refractivity contribution is 8.00. The van der Waals surface area contributed by atoms with Gasteiger partial charge >= 0.3 is 6.03 Å². The number of carbonyl (C=O) groups is 4. The fraction of sp³-hybridized carbons (Fsp3) is 0.333. The number of fused-ring (bicyclic) bond motifs is 2. The summed E-state index contributed by atoms with van der Waals surface area (Å²) in [4.78, 5) is 52.3. The largest absolute Gasteiger partial charge is 0.325 e. The first-order chi connectivity index (χ1) is 15.9. The van der Waals surface area contributed by atoms with Crippen LogP contribution in [0.25, 0.3) is 0 Å². The van der Waals surface area contributed by atoms with Crippen molar-refractivity contribution < 1.29 is 22.0 Å². The number of rotatable bonds is 4. The summed E-state index contributed by atoms with van der Waals surface area (Å²) in [6.45, 7) is 1.99. The number of urea groups is 1. The van der Waals surface area contributed by atoms with Crippen molar-refractivity contribution in [3.05, 3.63) is 53.6 Å². The van der Waals surface area contributed by atoms with Gasteiger partial charge in [0, 0.05) is 37.9 Å². The molecule has 5 rings (SSSR count). The third kappa shape index (κ3) is 3.97. The molecule has 3 aliphatic rings. The number of nitrogens with zero attached hydrogens (tertiary/aromatic N) is 1. The van der Waals surface area contributed by atoms with Gasteiger partial charge in [0.15, 0.2) is 0 Å². The number of anilines is 2. The number of nitrogens with one attached hydrogen (secondary N) is 3. The quantitative estimate of drug-likeness (QED) is 0.598. The van der Waals surface area contributed by atoms with Crippen molar-refractivity contribution in [2.45, 2.75) is 48.3 Å². The van der Waals surface area contributed by atoms with Gasteiger partial charge in [0.25, 0.3) is 5.91 Å². The lowest BCUT2D eigenvalue weighted by atomic mass is 9.96. The highest BCUT2D eigenvalue weighted by Crippen LogP contribution is 2.39. The van der Waals surface area contributed by atoms with Crippen LogP contribution in [0.2, 0.25) is 0 Å². The summed E-state index contributed by atoms with van der Waals surface area (Å²) in [5, 5.41) is 8.11. The van der Waals surface area contributed by atoms with E-state index in [0.717, 1.165) is 28.1 Å². The van der Waals surface area contributed by atoms with Crippen LogP contribution in [0.5, 0.6) is 0 Å². The van der Waals surface area contributed by atoms with Gasteiger partial charge in [-0.3, -0.25) is 19.7 Å². The van der Waals surface area contributed by atoms with E-state index in [1.54, 1.807) is 22.7 Å². The Labute approximate surface area is 198 Å². The molecular formula is C24H28N4O4S. The molecule has 8 nitrogen and oxygen atoms in total. The van der Waals surface area contributed by atoms with Gasteiger partial charge in [-0.15, -0.1) is 11.8 Å². The van der Waals surface area contributed by atoms with Crippen LogP contribution in [0.4, 0.5) is 16.2 Å². The number of hydrogen-bond donors (Lipinski definition) is 3. The van der Waals surface area contributed by atoms with E-state index in [1.807, 2.05) is 36.4 Å². The number of amides is 5. The third-order valence-corrected chi connectivity index (χ3v) is 7.83. The molecule has 3 N–H and O–H groups in total. The Balaban J connectivity index is 0.00000171. The van der Waals surface area contributed by atoms with Gasteiger partial charge in [0.05, 0.1) is 5.69 Å². The number of para-hydroxylation sites is 1. The fourth-order valence-corrected chi connectivity index (χ4v) is 5.92. The number of imide groups is 1. The second kappa shape index (κ2) is 8.22. The number of hydrogen-bond acceptors (Lipinski definition) is 5. The molecule has 0 saturated carbocycles. The molecule has 1 spiro atoms. The molecule has 2 unspecified atom stereocenters. The van der Waals surface area contributed by atoms with E-state index in [2.05, 4.69) is 22.9 Å². The minimum absolute atomic E-state index is 0. The highest BCUT2D eigenvalue weighted by Gasteiger charge is 2.50. The molecule has 0 radical (unpaired) electrons. The maximum atomic E-state index is 12.9. The molecule has 1 aliphatic carbocycles. The zero-order valence-corrected chi connectivity index (χ0v) is 19.0. The first kappa shape index (κ1) is 21.5. The molecule has 1 saturated heterocycles. The second-order valence-electron chi connectivity index (χ2n) is 8.68. The van der Waals surface area contributed by atoms with Gasteiger partial charge in [-0.05, 0) is 41.8 Å².